The Morgan fingerprint density at radius 1 is 0.579 bits per heavy atom. The van der Waals surface area contributed by atoms with Crippen LogP contribution in [-0.2, 0) is 10.2 Å². The highest BCUT2D eigenvalue weighted by molar-refractivity contribution is 6.04. The van der Waals surface area contributed by atoms with Gasteiger partial charge in [-0.15, -0.1) is 0 Å². The predicted molar refractivity (Wildman–Crippen MR) is 150 cm³/mol. The molecule has 0 bridgehead atoms. The lowest BCUT2D eigenvalue weighted by atomic mass is 9.87. The molecule has 0 spiro atoms. The molecular weight excluding hydrogens is 474 g/mol. The minimum atomic E-state index is -0.576. The summed E-state index contributed by atoms with van der Waals surface area (Å²) in [5, 5.41) is 2.84. The zero-order valence-corrected chi connectivity index (χ0v) is 21.7. The van der Waals surface area contributed by atoms with Gasteiger partial charge in [0.2, 0.25) is 5.91 Å². The van der Waals surface area contributed by atoms with Crippen LogP contribution < -0.4 is 16.2 Å². The van der Waals surface area contributed by atoms with Crippen LogP contribution in [-0.4, -0.2) is 17.7 Å². The van der Waals surface area contributed by atoms with E-state index in [1.54, 1.807) is 36.4 Å². The molecule has 0 aliphatic heterocycles. The summed E-state index contributed by atoms with van der Waals surface area (Å²) in [4.78, 5) is 38.4. The molecular formula is C32H31N3O3. The van der Waals surface area contributed by atoms with E-state index < -0.39 is 11.8 Å². The Morgan fingerprint density at radius 3 is 1.55 bits per heavy atom. The highest BCUT2D eigenvalue weighted by atomic mass is 16.2. The zero-order valence-electron chi connectivity index (χ0n) is 21.7. The van der Waals surface area contributed by atoms with Crippen molar-refractivity contribution in [1.29, 1.82) is 0 Å². The van der Waals surface area contributed by atoms with Crippen LogP contribution >= 0.6 is 0 Å². The van der Waals surface area contributed by atoms with E-state index in [0.29, 0.717) is 16.8 Å². The Bertz CT molecular complexity index is 1350. The van der Waals surface area contributed by atoms with Gasteiger partial charge < -0.3 is 5.32 Å². The molecule has 38 heavy (non-hydrogen) atoms. The molecule has 6 heteroatoms. The second kappa shape index (κ2) is 11.6. The van der Waals surface area contributed by atoms with E-state index in [2.05, 4.69) is 36.9 Å². The summed E-state index contributed by atoms with van der Waals surface area (Å²) in [5.41, 5.74) is 9.29. The molecule has 0 aliphatic carbocycles. The van der Waals surface area contributed by atoms with Gasteiger partial charge in [-0.05, 0) is 58.5 Å². The van der Waals surface area contributed by atoms with E-state index in [1.165, 1.54) is 0 Å². The van der Waals surface area contributed by atoms with Crippen LogP contribution in [0.15, 0.2) is 109 Å². The molecule has 0 saturated heterocycles. The molecule has 4 rings (SSSR count). The molecule has 0 aliphatic rings. The van der Waals surface area contributed by atoms with Crippen LogP contribution in [0.5, 0.6) is 0 Å². The SMILES string of the molecule is CC(C)(C)c1ccc(C(=O)Nc2ccc(C(=O)NNC(=O)C(c3ccccc3)c3ccccc3)cc2)cc1. The van der Waals surface area contributed by atoms with Gasteiger partial charge in [0.05, 0.1) is 5.92 Å². The Balaban J connectivity index is 1.37. The van der Waals surface area contributed by atoms with E-state index in [4.69, 9.17) is 0 Å². The monoisotopic (exact) mass is 505 g/mol. The standard InChI is InChI=1S/C32H31N3O3/c1-32(2,3)26-18-14-24(15-19-26)29(36)33-27-20-16-25(17-21-27)30(37)34-35-31(38)28(22-10-6-4-7-11-22)23-12-8-5-9-13-23/h4-21,28H,1-3H3,(H,33,36)(H,34,37)(H,35,38). The van der Waals surface area contributed by atoms with Crippen molar-refractivity contribution in [2.45, 2.75) is 32.1 Å². The summed E-state index contributed by atoms with van der Waals surface area (Å²) in [5.74, 6) is -1.62. The van der Waals surface area contributed by atoms with Crippen molar-refractivity contribution < 1.29 is 14.4 Å². The summed E-state index contributed by atoms with van der Waals surface area (Å²) in [7, 11) is 0. The Morgan fingerprint density at radius 2 is 1.05 bits per heavy atom. The van der Waals surface area contributed by atoms with Crippen molar-refractivity contribution >= 4 is 23.4 Å². The average molecular weight is 506 g/mol. The molecule has 0 saturated carbocycles. The molecule has 0 atom stereocenters. The highest BCUT2D eigenvalue weighted by Gasteiger charge is 2.23. The number of anilines is 1. The first-order valence-electron chi connectivity index (χ1n) is 12.4. The van der Waals surface area contributed by atoms with E-state index >= 15 is 0 Å². The molecule has 0 unspecified atom stereocenters. The van der Waals surface area contributed by atoms with Crippen LogP contribution in [0.3, 0.4) is 0 Å². The van der Waals surface area contributed by atoms with Gasteiger partial charge in [-0.1, -0.05) is 93.6 Å². The fourth-order valence-electron chi connectivity index (χ4n) is 4.08. The fraction of sp³-hybridized carbons (Fsp3) is 0.156. The van der Waals surface area contributed by atoms with Crippen molar-refractivity contribution in [1.82, 2.24) is 10.9 Å². The van der Waals surface area contributed by atoms with Crippen LogP contribution in [0.2, 0.25) is 0 Å². The van der Waals surface area contributed by atoms with Crippen molar-refractivity contribution in [3.8, 4) is 0 Å². The quantitative estimate of drug-likeness (QED) is 0.288. The third kappa shape index (κ3) is 6.53. The Labute approximate surface area is 223 Å². The first-order valence-corrected chi connectivity index (χ1v) is 12.4. The number of hydrogen-bond donors (Lipinski definition) is 3. The summed E-state index contributed by atoms with van der Waals surface area (Å²) in [6, 6.07) is 32.8. The first kappa shape index (κ1) is 26.4. The normalized spacial score (nSPS) is 11.1. The van der Waals surface area contributed by atoms with E-state index in [9.17, 15) is 14.4 Å². The number of nitrogens with one attached hydrogen (secondary N) is 3. The van der Waals surface area contributed by atoms with Crippen LogP contribution in [0.1, 0.15) is 64.1 Å². The number of amides is 3. The molecule has 3 amide bonds. The largest absolute Gasteiger partial charge is 0.322 e. The van der Waals surface area contributed by atoms with Gasteiger partial charge in [0.15, 0.2) is 0 Å². The maximum Gasteiger partial charge on any atom is 0.269 e. The highest BCUT2D eigenvalue weighted by Crippen LogP contribution is 2.25. The maximum absolute atomic E-state index is 13.1. The van der Waals surface area contributed by atoms with Gasteiger partial charge in [-0.25, -0.2) is 0 Å². The second-order valence-corrected chi connectivity index (χ2v) is 10.1. The lowest BCUT2D eigenvalue weighted by Crippen LogP contribution is -2.44. The van der Waals surface area contributed by atoms with Gasteiger partial charge in [0.25, 0.3) is 11.8 Å². The van der Waals surface area contributed by atoms with Crippen molar-refractivity contribution in [2.75, 3.05) is 5.32 Å². The minimum absolute atomic E-state index is 0.00881. The molecule has 0 heterocycles. The smallest absolute Gasteiger partial charge is 0.269 e. The minimum Gasteiger partial charge on any atom is -0.322 e. The summed E-state index contributed by atoms with van der Waals surface area (Å²) in [6.45, 7) is 6.36. The predicted octanol–water partition coefficient (Wildman–Crippen LogP) is 5.83. The van der Waals surface area contributed by atoms with E-state index in [0.717, 1.165) is 16.7 Å². The summed E-state index contributed by atoms with van der Waals surface area (Å²) < 4.78 is 0. The maximum atomic E-state index is 13.1. The van der Waals surface area contributed by atoms with Crippen molar-refractivity contribution in [2.24, 2.45) is 0 Å². The number of rotatable bonds is 6. The van der Waals surface area contributed by atoms with Gasteiger partial charge >= 0.3 is 0 Å². The molecule has 0 fully saturated rings. The topological polar surface area (TPSA) is 87.3 Å². The third-order valence-electron chi connectivity index (χ3n) is 6.25. The van der Waals surface area contributed by atoms with Crippen LogP contribution in [0, 0.1) is 0 Å². The van der Waals surface area contributed by atoms with E-state index in [-0.39, 0.29) is 17.2 Å². The van der Waals surface area contributed by atoms with Crippen LogP contribution in [0.4, 0.5) is 5.69 Å². The number of carbonyl (C=O) groups excluding carboxylic acids is 3. The second-order valence-electron chi connectivity index (χ2n) is 10.1. The molecule has 3 N–H and O–H groups in total. The molecule has 4 aromatic rings. The fourth-order valence-corrected chi connectivity index (χ4v) is 4.08. The number of hydrogen-bond acceptors (Lipinski definition) is 3. The number of benzene rings is 4. The lowest BCUT2D eigenvalue weighted by Gasteiger charge is -2.19. The first-order chi connectivity index (χ1) is 18.2. The number of carbonyl (C=O) groups is 3. The van der Waals surface area contributed by atoms with Gasteiger partial charge in [-0.3, -0.25) is 25.2 Å². The molecule has 6 nitrogen and oxygen atoms in total. The lowest BCUT2D eigenvalue weighted by molar-refractivity contribution is -0.122. The summed E-state index contributed by atoms with van der Waals surface area (Å²) >= 11 is 0. The molecule has 192 valence electrons. The number of hydrazine groups is 1. The van der Waals surface area contributed by atoms with Gasteiger partial charge in [0, 0.05) is 16.8 Å². The van der Waals surface area contributed by atoms with E-state index in [1.807, 2.05) is 72.8 Å². The Kier molecular flexibility index (Phi) is 8.02. The molecule has 0 radical (unpaired) electrons. The van der Waals surface area contributed by atoms with Crippen molar-refractivity contribution in [3.63, 3.8) is 0 Å². The zero-order chi connectivity index (χ0) is 27.1. The Hall–Kier alpha value is -4.71. The van der Waals surface area contributed by atoms with Crippen LogP contribution in [0.25, 0.3) is 0 Å². The third-order valence-corrected chi connectivity index (χ3v) is 6.25. The van der Waals surface area contributed by atoms with Gasteiger partial charge in [-0.2, -0.15) is 0 Å². The summed E-state index contributed by atoms with van der Waals surface area (Å²) in [6.07, 6.45) is 0. The average Bonchev–Trinajstić information content (AvgIpc) is 2.93. The van der Waals surface area contributed by atoms with Crippen molar-refractivity contribution in [3.05, 3.63) is 137 Å². The molecule has 0 aromatic heterocycles. The molecule has 4 aromatic carbocycles. The van der Waals surface area contributed by atoms with Gasteiger partial charge in [0.1, 0.15) is 0 Å².